The van der Waals surface area contributed by atoms with Crippen LogP contribution in [0.1, 0.15) is 38.8 Å². The van der Waals surface area contributed by atoms with Crippen molar-refractivity contribution in [3.63, 3.8) is 0 Å². The van der Waals surface area contributed by atoms with Gasteiger partial charge in [0.15, 0.2) is 0 Å². The topological polar surface area (TPSA) is 41.6 Å². The molecule has 20 heavy (non-hydrogen) atoms. The van der Waals surface area contributed by atoms with Gasteiger partial charge in [-0.1, -0.05) is 12.1 Å². The number of nitrogens with one attached hydrogen (secondary N) is 1. The van der Waals surface area contributed by atoms with E-state index in [0.29, 0.717) is 13.1 Å². The summed E-state index contributed by atoms with van der Waals surface area (Å²) in [7, 11) is 0. The molecule has 1 heterocycles. The van der Waals surface area contributed by atoms with Gasteiger partial charge >= 0.3 is 6.09 Å². The van der Waals surface area contributed by atoms with Gasteiger partial charge in [0, 0.05) is 25.3 Å². The fourth-order valence-corrected chi connectivity index (χ4v) is 2.45. The smallest absolute Gasteiger partial charge is 0.410 e. The van der Waals surface area contributed by atoms with Gasteiger partial charge in [-0.25, -0.2) is 4.79 Å². The number of fused-ring (bicyclic) bond motifs is 1. The maximum Gasteiger partial charge on any atom is 0.410 e. The molecule has 0 saturated heterocycles. The number of amides is 1. The second-order valence-electron chi connectivity index (χ2n) is 6.13. The van der Waals surface area contributed by atoms with Crippen LogP contribution in [-0.2, 0) is 17.7 Å². The summed E-state index contributed by atoms with van der Waals surface area (Å²) >= 11 is 0. The van der Waals surface area contributed by atoms with Crippen LogP contribution in [0, 0.1) is 0 Å². The number of rotatable bonds is 2. The Balaban J connectivity index is 2.11. The van der Waals surface area contributed by atoms with Gasteiger partial charge in [-0.05, 0) is 51.3 Å². The molecule has 1 amide bonds. The molecule has 1 aliphatic rings. The molecule has 1 aliphatic heterocycles. The summed E-state index contributed by atoms with van der Waals surface area (Å²) in [6.45, 7) is 10.0. The second kappa shape index (κ2) is 5.73. The number of hydrogen-bond donors (Lipinski definition) is 1. The van der Waals surface area contributed by atoms with Gasteiger partial charge in [0.2, 0.25) is 0 Å². The van der Waals surface area contributed by atoms with Crippen molar-refractivity contribution in [1.29, 1.82) is 0 Å². The molecule has 2 rings (SSSR count). The Morgan fingerprint density at radius 2 is 2.15 bits per heavy atom. The van der Waals surface area contributed by atoms with E-state index in [9.17, 15) is 4.79 Å². The quantitative estimate of drug-likeness (QED) is 0.900. The van der Waals surface area contributed by atoms with E-state index < -0.39 is 5.60 Å². The van der Waals surface area contributed by atoms with Crippen LogP contribution in [0.3, 0.4) is 0 Å². The summed E-state index contributed by atoms with van der Waals surface area (Å²) in [6, 6.07) is 6.23. The summed E-state index contributed by atoms with van der Waals surface area (Å²) in [6.07, 6.45) is 0.648. The van der Waals surface area contributed by atoms with E-state index in [0.717, 1.165) is 13.0 Å². The lowest BCUT2D eigenvalue weighted by molar-refractivity contribution is 0.0224. The molecule has 0 aliphatic carbocycles. The van der Waals surface area contributed by atoms with Crippen molar-refractivity contribution in [3.8, 4) is 0 Å². The van der Waals surface area contributed by atoms with E-state index in [-0.39, 0.29) is 6.09 Å². The minimum absolute atomic E-state index is 0.225. The highest BCUT2D eigenvalue weighted by molar-refractivity contribution is 5.69. The highest BCUT2D eigenvalue weighted by Gasteiger charge is 2.26. The number of ether oxygens (including phenoxy) is 1. The van der Waals surface area contributed by atoms with Gasteiger partial charge in [0.25, 0.3) is 0 Å². The third-order valence-corrected chi connectivity index (χ3v) is 3.28. The largest absolute Gasteiger partial charge is 0.444 e. The number of carbonyl (C=O) groups is 1. The predicted molar refractivity (Wildman–Crippen MR) is 81.0 cm³/mol. The monoisotopic (exact) mass is 276 g/mol. The SMILES string of the molecule is CCNc1cccc2c1CCN(C(=O)OC(C)(C)C)C2. The second-order valence-corrected chi connectivity index (χ2v) is 6.13. The first kappa shape index (κ1) is 14.7. The van der Waals surface area contributed by atoms with Crippen LogP contribution in [0.4, 0.5) is 10.5 Å². The normalized spacial score (nSPS) is 14.7. The Labute approximate surface area is 121 Å². The first-order chi connectivity index (χ1) is 9.40. The van der Waals surface area contributed by atoms with Crippen molar-refractivity contribution in [3.05, 3.63) is 29.3 Å². The average molecular weight is 276 g/mol. The average Bonchev–Trinajstić information content (AvgIpc) is 2.37. The summed E-state index contributed by atoms with van der Waals surface area (Å²) in [5.41, 5.74) is 3.28. The van der Waals surface area contributed by atoms with E-state index in [1.54, 1.807) is 4.90 Å². The summed E-state index contributed by atoms with van der Waals surface area (Å²) in [5, 5.41) is 3.38. The zero-order chi connectivity index (χ0) is 14.8. The third kappa shape index (κ3) is 3.44. The Hall–Kier alpha value is -1.71. The first-order valence-corrected chi connectivity index (χ1v) is 7.23. The van der Waals surface area contributed by atoms with Gasteiger partial charge < -0.3 is 15.0 Å². The van der Waals surface area contributed by atoms with E-state index >= 15 is 0 Å². The third-order valence-electron chi connectivity index (χ3n) is 3.28. The Bertz CT molecular complexity index is 492. The zero-order valence-electron chi connectivity index (χ0n) is 12.8. The van der Waals surface area contributed by atoms with E-state index in [4.69, 9.17) is 4.74 Å². The Kier molecular flexibility index (Phi) is 4.21. The van der Waals surface area contributed by atoms with Crippen LogP contribution in [0.5, 0.6) is 0 Å². The maximum absolute atomic E-state index is 12.1. The van der Waals surface area contributed by atoms with Crippen molar-refractivity contribution in [2.24, 2.45) is 0 Å². The molecule has 4 nitrogen and oxygen atoms in total. The van der Waals surface area contributed by atoms with Gasteiger partial charge in [-0.15, -0.1) is 0 Å². The fourth-order valence-electron chi connectivity index (χ4n) is 2.45. The van der Waals surface area contributed by atoms with Crippen molar-refractivity contribution >= 4 is 11.8 Å². The number of carbonyl (C=O) groups excluding carboxylic acids is 1. The number of anilines is 1. The van der Waals surface area contributed by atoms with Gasteiger partial charge in [-0.2, -0.15) is 0 Å². The van der Waals surface area contributed by atoms with Crippen molar-refractivity contribution in [2.75, 3.05) is 18.4 Å². The molecule has 4 heteroatoms. The molecule has 1 aromatic carbocycles. The van der Waals surface area contributed by atoms with Crippen LogP contribution in [0.25, 0.3) is 0 Å². The Morgan fingerprint density at radius 1 is 1.40 bits per heavy atom. The molecule has 0 fully saturated rings. The minimum atomic E-state index is -0.441. The van der Waals surface area contributed by atoms with Crippen molar-refractivity contribution < 1.29 is 9.53 Å². The molecular weight excluding hydrogens is 252 g/mol. The van der Waals surface area contributed by atoms with Gasteiger partial charge in [0.1, 0.15) is 5.60 Å². The standard InChI is InChI=1S/C16H24N2O2/c1-5-17-14-8-6-7-12-11-18(10-9-13(12)14)15(19)20-16(2,3)4/h6-8,17H,5,9-11H2,1-4H3. The summed E-state index contributed by atoms with van der Waals surface area (Å²) in [4.78, 5) is 13.9. The maximum atomic E-state index is 12.1. The first-order valence-electron chi connectivity index (χ1n) is 7.23. The molecule has 1 aromatic rings. The van der Waals surface area contributed by atoms with E-state index in [2.05, 4.69) is 24.4 Å². The highest BCUT2D eigenvalue weighted by Crippen LogP contribution is 2.27. The predicted octanol–water partition coefficient (Wildman–Crippen LogP) is 3.41. The van der Waals surface area contributed by atoms with E-state index in [1.807, 2.05) is 26.8 Å². The lowest BCUT2D eigenvalue weighted by atomic mass is 9.98. The fraction of sp³-hybridized carbons (Fsp3) is 0.562. The van der Waals surface area contributed by atoms with E-state index in [1.165, 1.54) is 16.8 Å². The van der Waals surface area contributed by atoms with Crippen molar-refractivity contribution in [1.82, 2.24) is 4.90 Å². The zero-order valence-corrected chi connectivity index (χ0v) is 12.8. The van der Waals surface area contributed by atoms with Crippen LogP contribution < -0.4 is 5.32 Å². The number of benzene rings is 1. The lowest BCUT2D eigenvalue weighted by Crippen LogP contribution is -2.40. The molecule has 0 unspecified atom stereocenters. The van der Waals surface area contributed by atoms with Gasteiger partial charge in [-0.3, -0.25) is 0 Å². The minimum Gasteiger partial charge on any atom is -0.444 e. The van der Waals surface area contributed by atoms with Crippen LogP contribution in [0.2, 0.25) is 0 Å². The number of hydrogen-bond acceptors (Lipinski definition) is 3. The molecule has 0 bridgehead atoms. The molecule has 0 saturated carbocycles. The van der Waals surface area contributed by atoms with Crippen LogP contribution in [0.15, 0.2) is 18.2 Å². The summed E-state index contributed by atoms with van der Waals surface area (Å²) < 4.78 is 5.44. The molecule has 0 spiro atoms. The van der Waals surface area contributed by atoms with Crippen LogP contribution >= 0.6 is 0 Å². The van der Waals surface area contributed by atoms with Gasteiger partial charge in [0.05, 0.1) is 0 Å². The molecule has 110 valence electrons. The Morgan fingerprint density at radius 3 is 2.80 bits per heavy atom. The van der Waals surface area contributed by atoms with Crippen LogP contribution in [-0.4, -0.2) is 29.7 Å². The molecular formula is C16H24N2O2. The molecule has 0 aromatic heterocycles. The van der Waals surface area contributed by atoms with Crippen molar-refractivity contribution in [2.45, 2.75) is 46.3 Å². The molecule has 0 atom stereocenters. The highest BCUT2D eigenvalue weighted by atomic mass is 16.6. The number of nitrogens with zero attached hydrogens (tertiary/aromatic N) is 1. The summed E-state index contributed by atoms with van der Waals surface area (Å²) in [5.74, 6) is 0. The molecule has 0 radical (unpaired) electrons. The molecule has 1 N–H and O–H groups in total. The lowest BCUT2D eigenvalue weighted by Gasteiger charge is -2.32.